The van der Waals surface area contributed by atoms with Crippen molar-refractivity contribution in [3.63, 3.8) is 0 Å². The lowest BCUT2D eigenvalue weighted by molar-refractivity contribution is 0.199. The third kappa shape index (κ3) is 4.56. The van der Waals surface area contributed by atoms with E-state index in [-0.39, 0.29) is 11.3 Å². The van der Waals surface area contributed by atoms with Crippen molar-refractivity contribution in [1.82, 2.24) is 14.8 Å². The van der Waals surface area contributed by atoms with Crippen LogP contribution >= 0.6 is 0 Å². The molecule has 1 fully saturated rings. The summed E-state index contributed by atoms with van der Waals surface area (Å²) in [6, 6.07) is 8.19. The number of aromatic nitrogens is 3. The van der Waals surface area contributed by atoms with Gasteiger partial charge in [-0.1, -0.05) is 43.3 Å². The number of oxime groups is 1. The van der Waals surface area contributed by atoms with Crippen LogP contribution in [-0.4, -0.2) is 30.8 Å². The molecule has 0 spiro atoms. The molecule has 146 valence electrons. The normalized spacial score (nSPS) is 24.8. The van der Waals surface area contributed by atoms with Gasteiger partial charge in [0.15, 0.2) is 0 Å². The number of aryl methyl sites for hydroxylation is 1. The van der Waals surface area contributed by atoms with E-state index >= 15 is 0 Å². The van der Waals surface area contributed by atoms with E-state index in [1.54, 1.807) is 19.6 Å². The molecule has 6 nitrogen and oxygen atoms in total. The minimum absolute atomic E-state index is 0.102. The van der Waals surface area contributed by atoms with Gasteiger partial charge in [0.05, 0.1) is 18.4 Å². The molecule has 1 aromatic carbocycles. The van der Waals surface area contributed by atoms with Gasteiger partial charge in [-0.2, -0.15) is 5.10 Å². The summed E-state index contributed by atoms with van der Waals surface area (Å²) in [5.74, 6) is 0.585. The van der Waals surface area contributed by atoms with E-state index < -0.39 is 6.10 Å². The zero-order valence-corrected chi connectivity index (χ0v) is 16.4. The molecule has 3 rings (SSSR count). The first-order valence-electron chi connectivity index (χ1n) is 9.72. The summed E-state index contributed by atoms with van der Waals surface area (Å²) in [5, 5.41) is 27.4. The van der Waals surface area contributed by atoms with Gasteiger partial charge in [0, 0.05) is 11.3 Å². The monoisotopic (exact) mass is 370 g/mol. The number of nitrogens with zero attached hydrogens (tertiary/aromatic N) is 4. The zero-order chi connectivity index (χ0) is 19.4. The zero-order valence-electron chi connectivity index (χ0n) is 16.4. The Morgan fingerprint density at radius 1 is 1.30 bits per heavy atom. The van der Waals surface area contributed by atoms with Gasteiger partial charge in [0.1, 0.15) is 12.7 Å². The summed E-state index contributed by atoms with van der Waals surface area (Å²) >= 11 is 0. The first-order valence-corrected chi connectivity index (χ1v) is 9.72. The lowest BCUT2D eigenvalue weighted by Crippen LogP contribution is -2.43. The van der Waals surface area contributed by atoms with E-state index in [1.165, 1.54) is 5.56 Å². The molecule has 0 aliphatic heterocycles. The van der Waals surface area contributed by atoms with Crippen LogP contribution in [0, 0.1) is 17.3 Å². The van der Waals surface area contributed by atoms with Gasteiger partial charge < -0.3 is 10.3 Å². The summed E-state index contributed by atoms with van der Waals surface area (Å²) < 4.78 is 1.83. The maximum Gasteiger partial charge on any atom is 0.137 e. The van der Waals surface area contributed by atoms with Gasteiger partial charge in [0.2, 0.25) is 0 Å². The highest BCUT2D eigenvalue weighted by Gasteiger charge is 2.41. The average Bonchev–Trinajstić information content (AvgIpc) is 3.14. The second-order valence-corrected chi connectivity index (χ2v) is 8.35. The number of hydrogen-bond acceptors (Lipinski definition) is 5. The molecular formula is C21H30N4O2. The van der Waals surface area contributed by atoms with Crippen LogP contribution in [0.4, 0.5) is 0 Å². The van der Waals surface area contributed by atoms with Crippen molar-refractivity contribution >= 4 is 5.71 Å². The molecule has 0 amide bonds. The number of aliphatic hydroxyl groups is 1. The van der Waals surface area contributed by atoms with E-state index in [4.69, 9.17) is 0 Å². The Morgan fingerprint density at radius 2 is 2.04 bits per heavy atom. The summed E-state index contributed by atoms with van der Waals surface area (Å²) in [4.78, 5) is 4.04. The molecule has 1 aliphatic carbocycles. The van der Waals surface area contributed by atoms with Gasteiger partial charge in [-0.25, -0.2) is 4.98 Å². The van der Waals surface area contributed by atoms with Crippen molar-refractivity contribution in [2.24, 2.45) is 22.4 Å². The van der Waals surface area contributed by atoms with Gasteiger partial charge in [-0.15, -0.1) is 0 Å². The summed E-state index contributed by atoms with van der Waals surface area (Å²) in [6.45, 7) is 6.78. The fraction of sp³-hybridized carbons (Fsp3) is 0.571. The third-order valence-corrected chi connectivity index (χ3v) is 5.98. The first kappa shape index (κ1) is 19.5. The van der Waals surface area contributed by atoms with Crippen molar-refractivity contribution < 1.29 is 10.3 Å². The summed E-state index contributed by atoms with van der Waals surface area (Å²) in [6.07, 6.45) is 6.96. The molecule has 2 aromatic rings. The van der Waals surface area contributed by atoms with Crippen LogP contribution in [-0.2, 0) is 13.0 Å². The SMILES string of the molecule is CC(O)c1ccc(CC[C@@H]2CCC(C)(C)/C(=N/O)[C@H]2Cn2cncn2)cc1. The molecule has 6 heteroatoms. The first-order chi connectivity index (χ1) is 12.9. The van der Waals surface area contributed by atoms with Crippen LogP contribution in [0.15, 0.2) is 42.1 Å². The predicted octanol–water partition coefficient (Wildman–Crippen LogP) is 3.85. The predicted molar refractivity (Wildman–Crippen MR) is 105 cm³/mol. The molecule has 0 bridgehead atoms. The van der Waals surface area contributed by atoms with Gasteiger partial charge in [-0.3, -0.25) is 4.68 Å². The molecule has 0 saturated heterocycles. The summed E-state index contributed by atoms with van der Waals surface area (Å²) in [7, 11) is 0. The highest BCUT2D eigenvalue weighted by atomic mass is 16.4. The van der Waals surface area contributed by atoms with E-state index in [1.807, 2.05) is 16.8 Å². The van der Waals surface area contributed by atoms with E-state index in [0.717, 1.165) is 37.0 Å². The average molecular weight is 370 g/mol. The fourth-order valence-electron chi connectivity index (χ4n) is 4.23. The van der Waals surface area contributed by atoms with Crippen LogP contribution in [0.3, 0.4) is 0 Å². The molecule has 27 heavy (non-hydrogen) atoms. The quantitative estimate of drug-likeness (QED) is 0.598. The maximum absolute atomic E-state index is 9.73. The van der Waals surface area contributed by atoms with Gasteiger partial charge in [-0.05, 0) is 49.7 Å². The number of hydrogen-bond donors (Lipinski definition) is 2. The van der Waals surface area contributed by atoms with Crippen molar-refractivity contribution in [2.75, 3.05) is 0 Å². The molecule has 1 aromatic heterocycles. The Labute approximate surface area is 160 Å². The standard InChI is InChI=1S/C21H30N4O2/c1-15(26)17-7-4-16(5-8-17)6-9-18-10-11-21(2,3)20(24-27)19(18)12-25-14-22-13-23-25/h4-5,7-8,13-15,18-19,26-27H,6,9-12H2,1-3H3/b24-20+/t15?,18-,19+/m1/s1. The van der Waals surface area contributed by atoms with Crippen molar-refractivity contribution in [3.05, 3.63) is 48.0 Å². The molecule has 2 N–H and O–H groups in total. The Bertz CT molecular complexity index is 751. The largest absolute Gasteiger partial charge is 0.411 e. The molecule has 1 aliphatic rings. The van der Waals surface area contributed by atoms with Crippen LogP contribution < -0.4 is 0 Å². The van der Waals surface area contributed by atoms with Crippen molar-refractivity contribution in [1.29, 1.82) is 0 Å². The van der Waals surface area contributed by atoms with E-state index in [0.29, 0.717) is 12.5 Å². The Balaban J connectivity index is 1.73. The lowest BCUT2D eigenvalue weighted by Gasteiger charge is -2.41. The topological polar surface area (TPSA) is 83.5 Å². The molecule has 1 heterocycles. The van der Waals surface area contributed by atoms with Gasteiger partial charge in [0.25, 0.3) is 0 Å². The summed E-state index contributed by atoms with van der Waals surface area (Å²) in [5.41, 5.74) is 2.98. The molecule has 1 unspecified atom stereocenters. The number of aliphatic hydroxyl groups excluding tert-OH is 1. The van der Waals surface area contributed by atoms with E-state index in [2.05, 4.69) is 41.2 Å². The Kier molecular flexibility index (Phi) is 5.95. The fourth-order valence-corrected chi connectivity index (χ4v) is 4.23. The van der Waals surface area contributed by atoms with Crippen LogP contribution in [0.5, 0.6) is 0 Å². The Hall–Kier alpha value is -2.21. The highest BCUT2D eigenvalue weighted by molar-refractivity contribution is 5.92. The second-order valence-electron chi connectivity index (χ2n) is 8.35. The molecular weight excluding hydrogens is 340 g/mol. The molecule has 3 atom stereocenters. The highest BCUT2D eigenvalue weighted by Crippen LogP contribution is 2.42. The van der Waals surface area contributed by atoms with Gasteiger partial charge >= 0.3 is 0 Å². The van der Waals surface area contributed by atoms with Crippen molar-refractivity contribution in [3.8, 4) is 0 Å². The maximum atomic E-state index is 9.73. The second kappa shape index (κ2) is 8.21. The van der Waals surface area contributed by atoms with Crippen LogP contribution in [0.1, 0.15) is 57.3 Å². The lowest BCUT2D eigenvalue weighted by atomic mass is 9.64. The minimum atomic E-state index is -0.435. The smallest absolute Gasteiger partial charge is 0.137 e. The number of rotatable bonds is 6. The third-order valence-electron chi connectivity index (χ3n) is 5.98. The number of benzene rings is 1. The molecule has 1 saturated carbocycles. The van der Waals surface area contributed by atoms with Crippen molar-refractivity contribution in [2.45, 2.75) is 59.1 Å². The minimum Gasteiger partial charge on any atom is -0.411 e. The van der Waals surface area contributed by atoms with Crippen LogP contribution in [0.2, 0.25) is 0 Å². The molecule has 0 radical (unpaired) electrons. The van der Waals surface area contributed by atoms with Crippen LogP contribution in [0.25, 0.3) is 0 Å². The Morgan fingerprint density at radius 3 is 2.63 bits per heavy atom. The van der Waals surface area contributed by atoms with E-state index in [9.17, 15) is 10.3 Å².